The van der Waals surface area contributed by atoms with Crippen molar-refractivity contribution in [3.8, 4) is 0 Å². The van der Waals surface area contributed by atoms with Crippen LogP contribution in [0.5, 0.6) is 0 Å². The van der Waals surface area contributed by atoms with Crippen molar-refractivity contribution in [1.29, 1.82) is 0 Å². The first-order valence-electron chi connectivity index (χ1n) is 8.24. The maximum Gasteiger partial charge on any atom is 0.0942 e. The van der Waals surface area contributed by atoms with E-state index in [1.165, 1.54) is 5.56 Å². The number of nitrogens with one attached hydrogen (secondary N) is 2. The molecule has 1 aromatic carbocycles. The number of hydrogen-bond acceptors (Lipinski definition) is 2. The minimum atomic E-state index is 0.412. The Bertz CT molecular complexity index is 734. The van der Waals surface area contributed by atoms with Crippen molar-refractivity contribution in [3.63, 3.8) is 0 Å². The van der Waals surface area contributed by atoms with Gasteiger partial charge in [0.05, 0.1) is 12.4 Å². The van der Waals surface area contributed by atoms with Crippen LogP contribution in [0.1, 0.15) is 44.9 Å². The van der Waals surface area contributed by atoms with Gasteiger partial charge >= 0.3 is 0 Å². The zero-order valence-electron chi connectivity index (χ0n) is 14.5. The van der Waals surface area contributed by atoms with Gasteiger partial charge in [0.1, 0.15) is 0 Å². The number of nitrogens with zero attached hydrogens (tertiary/aromatic N) is 1. The monoisotopic (exact) mass is 331 g/mol. The number of hydrogen-bond donors (Lipinski definition) is 2. The van der Waals surface area contributed by atoms with Crippen molar-refractivity contribution in [2.75, 3.05) is 13.1 Å². The molecule has 3 nitrogen and oxygen atoms in total. The Balaban J connectivity index is 1.68. The Morgan fingerprint density at radius 1 is 1.35 bits per heavy atom. The molecule has 2 N–H and O–H groups in total. The third-order valence-corrected chi connectivity index (χ3v) is 4.85. The van der Waals surface area contributed by atoms with Gasteiger partial charge in [0.15, 0.2) is 0 Å². The van der Waals surface area contributed by atoms with E-state index < -0.39 is 0 Å². The number of rotatable bonds is 5. The van der Waals surface area contributed by atoms with Crippen LogP contribution < -0.4 is 5.32 Å². The summed E-state index contributed by atoms with van der Waals surface area (Å²) in [5.41, 5.74) is 3.90. The second-order valence-electron chi connectivity index (χ2n) is 7.73. The Kier molecular flexibility index (Phi) is 4.09. The average molecular weight is 332 g/mol. The lowest BCUT2D eigenvalue weighted by atomic mass is 9.84. The summed E-state index contributed by atoms with van der Waals surface area (Å²) < 4.78 is 0. The molecule has 0 atom stereocenters. The number of fused-ring (bicyclic) bond motifs is 1. The van der Waals surface area contributed by atoms with Gasteiger partial charge in [-0.2, -0.15) is 0 Å². The summed E-state index contributed by atoms with van der Waals surface area (Å²) in [6.07, 6.45) is 0. The summed E-state index contributed by atoms with van der Waals surface area (Å²) in [6.45, 7) is 15.9. The molecule has 1 saturated heterocycles. The van der Waals surface area contributed by atoms with Crippen molar-refractivity contribution >= 4 is 22.5 Å². The van der Waals surface area contributed by atoms with Gasteiger partial charge in [0.2, 0.25) is 0 Å². The fourth-order valence-corrected chi connectivity index (χ4v) is 3.64. The zero-order valence-corrected chi connectivity index (χ0v) is 15.2. The first kappa shape index (κ1) is 16.3. The summed E-state index contributed by atoms with van der Waals surface area (Å²) in [6, 6.07) is 6.38. The van der Waals surface area contributed by atoms with Gasteiger partial charge in [-0.15, -0.1) is 0 Å². The highest BCUT2D eigenvalue weighted by atomic mass is 35.5. The van der Waals surface area contributed by atoms with Crippen LogP contribution in [0.4, 0.5) is 0 Å². The van der Waals surface area contributed by atoms with E-state index in [4.69, 9.17) is 11.6 Å². The minimum absolute atomic E-state index is 0.412. The van der Waals surface area contributed by atoms with Crippen molar-refractivity contribution in [1.82, 2.24) is 15.2 Å². The second-order valence-corrected chi connectivity index (χ2v) is 8.14. The van der Waals surface area contributed by atoms with Gasteiger partial charge in [0.25, 0.3) is 0 Å². The van der Waals surface area contributed by atoms with Gasteiger partial charge in [-0.25, -0.2) is 0 Å². The third-order valence-electron chi connectivity index (χ3n) is 4.52. The molecular formula is C19H26ClN3. The minimum Gasteiger partial charge on any atom is -0.367 e. The second kappa shape index (κ2) is 5.79. The van der Waals surface area contributed by atoms with Crippen LogP contribution in [0, 0.1) is 5.41 Å². The molecule has 3 rings (SSSR count). The van der Waals surface area contributed by atoms with E-state index >= 15 is 0 Å². The van der Waals surface area contributed by atoms with E-state index in [2.05, 4.69) is 67.7 Å². The Hall–Kier alpha value is -1.61. The predicted octanol–water partition coefficient (Wildman–Crippen LogP) is 4.85. The fourth-order valence-electron chi connectivity index (χ4n) is 3.25. The summed E-state index contributed by atoms with van der Waals surface area (Å²) in [4.78, 5) is 5.77. The predicted molar refractivity (Wildman–Crippen MR) is 98.7 cm³/mol. The zero-order chi connectivity index (χ0) is 16.8. The van der Waals surface area contributed by atoms with Crippen LogP contribution in [0.15, 0.2) is 30.6 Å². The molecule has 0 unspecified atom stereocenters. The van der Waals surface area contributed by atoms with Crippen LogP contribution in [0.2, 0.25) is 5.02 Å². The molecule has 4 heteroatoms. The van der Waals surface area contributed by atoms with E-state index in [1.807, 2.05) is 0 Å². The summed E-state index contributed by atoms with van der Waals surface area (Å²) >= 11 is 6.38. The van der Waals surface area contributed by atoms with Crippen molar-refractivity contribution in [3.05, 3.63) is 46.9 Å². The fraction of sp³-hybridized carbons (Fsp3) is 0.474. The van der Waals surface area contributed by atoms with E-state index in [1.54, 1.807) is 0 Å². The molecule has 0 amide bonds. The highest BCUT2D eigenvalue weighted by molar-refractivity contribution is 6.32. The molecule has 23 heavy (non-hydrogen) atoms. The molecule has 1 aliphatic heterocycles. The molecule has 0 radical (unpaired) electrons. The summed E-state index contributed by atoms with van der Waals surface area (Å²) in [5, 5.41) is 5.42. The van der Waals surface area contributed by atoms with E-state index in [-0.39, 0.29) is 0 Å². The van der Waals surface area contributed by atoms with Crippen LogP contribution in [-0.2, 0) is 6.54 Å². The summed E-state index contributed by atoms with van der Waals surface area (Å²) in [5.74, 6) is 1.43. The lowest BCUT2D eigenvalue weighted by Crippen LogP contribution is -2.53. The molecular weight excluding hydrogens is 306 g/mol. The third kappa shape index (κ3) is 3.35. The molecule has 1 fully saturated rings. The van der Waals surface area contributed by atoms with Crippen LogP contribution in [0.3, 0.4) is 0 Å². The lowest BCUT2D eigenvalue weighted by Gasteiger charge is -2.48. The number of aromatic nitrogens is 1. The number of benzene rings is 1. The van der Waals surface area contributed by atoms with Crippen LogP contribution in [0.25, 0.3) is 10.9 Å². The van der Waals surface area contributed by atoms with Gasteiger partial charge in [-0.05, 0) is 35.1 Å². The van der Waals surface area contributed by atoms with Crippen LogP contribution in [-0.4, -0.2) is 23.0 Å². The maximum absolute atomic E-state index is 6.38. The summed E-state index contributed by atoms with van der Waals surface area (Å²) in [7, 11) is 0. The van der Waals surface area contributed by atoms with E-state index in [0.29, 0.717) is 11.3 Å². The van der Waals surface area contributed by atoms with E-state index in [9.17, 15) is 0 Å². The number of halogens is 1. The Morgan fingerprint density at radius 3 is 2.65 bits per heavy atom. The van der Waals surface area contributed by atoms with Gasteiger partial charge in [0, 0.05) is 34.7 Å². The first-order valence-corrected chi connectivity index (χ1v) is 8.62. The molecule has 0 bridgehead atoms. The molecule has 2 aromatic rings. The average Bonchev–Trinajstić information content (AvgIpc) is 2.82. The number of aromatic amines is 1. The van der Waals surface area contributed by atoms with E-state index in [0.717, 1.165) is 47.1 Å². The Labute approximate surface area is 143 Å². The molecule has 2 heterocycles. The smallest absolute Gasteiger partial charge is 0.0942 e. The lowest BCUT2D eigenvalue weighted by molar-refractivity contribution is 0.0571. The van der Waals surface area contributed by atoms with Gasteiger partial charge in [-0.3, -0.25) is 0 Å². The molecule has 1 aromatic heterocycles. The quantitative estimate of drug-likeness (QED) is 0.820. The van der Waals surface area contributed by atoms with Crippen LogP contribution >= 0.6 is 11.6 Å². The van der Waals surface area contributed by atoms with Crippen molar-refractivity contribution in [2.24, 2.45) is 5.41 Å². The molecule has 1 aliphatic rings. The molecule has 0 aliphatic carbocycles. The highest BCUT2D eigenvalue weighted by Crippen LogP contribution is 2.31. The SMILES string of the molecule is C=C(NCc1cc2cc(Cl)c(C(C)C)cc2[nH]1)N1CC(C)(C)C1. The van der Waals surface area contributed by atoms with Crippen molar-refractivity contribution in [2.45, 2.75) is 40.2 Å². The molecule has 0 saturated carbocycles. The largest absolute Gasteiger partial charge is 0.367 e. The maximum atomic E-state index is 6.38. The number of H-pyrrole nitrogens is 1. The van der Waals surface area contributed by atoms with Gasteiger partial charge in [-0.1, -0.05) is 45.9 Å². The Morgan fingerprint density at radius 2 is 2.04 bits per heavy atom. The highest BCUT2D eigenvalue weighted by Gasteiger charge is 2.34. The normalized spacial score (nSPS) is 16.7. The topological polar surface area (TPSA) is 31.1 Å². The van der Waals surface area contributed by atoms with Crippen molar-refractivity contribution < 1.29 is 0 Å². The first-order chi connectivity index (χ1) is 10.7. The molecule has 124 valence electrons. The standard InChI is InChI=1S/C19H26ClN3/c1-12(2)16-8-18-14(7-17(16)20)6-15(22-18)9-21-13(3)23-10-19(4,5)11-23/h6-8,12,21-22H,3,9-11H2,1-2,4-5H3. The number of likely N-dealkylation sites (tertiary alicyclic amines) is 1. The van der Waals surface area contributed by atoms with Gasteiger partial charge < -0.3 is 15.2 Å². The molecule has 0 spiro atoms.